The molecule has 94 valence electrons. The van der Waals surface area contributed by atoms with Crippen molar-refractivity contribution in [2.75, 3.05) is 6.54 Å². The number of ether oxygens (including phenoxy) is 1. The van der Waals surface area contributed by atoms with Crippen molar-refractivity contribution in [3.8, 4) is 5.75 Å². The van der Waals surface area contributed by atoms with E-state index in [-0.39, 0.29) is 18.7 Å². The average molecular weight is 249 g/mol. The highest BCUT2D eigenvalue weighted by molar-refractivity contribution is 5.30. The zero-order valence-corrected chi connectivity index (χ0v) is 8.80. The molecule has 0 saturated heterocycles. The van der Waals surface area contributed by atoms with Crippen LogP contribution in [-0.4, -0.2) is 12.9 Å². The summed E-state index contributed by atoms with van der Waals surface area (Å²) in [5.41, 5.74) is 5.54. The summed E-state index contributed by atoms with van der Waals surface area (Å²) in [7, 11) is 0. The van der Waals surface area contributed by atoms with E-state index in [0.717, 1.165) is 0 Å². The summed E-state index contributed by atoms with van der Waals surface area (Å²) in [5.74, 6) is -0.830. The van der Waals surface area contributed by atoms with Crippen molar-refractivity contribution < 1.29 is 22.3 Å². The minimum atomic E-state index is -4.73. The molecule has 0 saturated carbocycles. The molecule has 17 heavy (non-hydrogen) atoms. The predicted molar refractivity (Wildman–Crippen MR) is 55.1 cm³/mol. The number of allylic oxidation sites excluding steroid dienone is 1. The van der Waals surface area contributed by atoms with Crippen molar-refractivity contribution >= 4 is 0 Å². The molecule has 2 nitrogen and oxygen atoms in total. The minimum absolute atomic E-state index is 0.165. The van der Waals surface area contributed by atoms with Gasteiger partial charge in [-0.25, -0.2) is 4.39 Å². The number of alkyl halides is 3. The lowest BCUT2D eigenvalue weighted by atomic mass is 10.1. The molecule has 0 spiro atoms. The second-order valence-corrected chi connectivity index (χ2v) is 3.25. The third-order valence-electron chi connectivity index (χ3n) is 1.89. The van der Waals surface area contributed by atoms with Gasteiger partial charge < -0.3 is 10.5 Å². The molecule has 1 aromatic rings. The summed E-state index contributed by atoms with van der Waals surface area (Å²) in [6.07, 6.45) is -3.35. The Balaban J connectivity index is 2.73. The molecule has 0 aromatic heterocycles. The predicted octanol–water partition coefficient (Wildman–Crippen LogP) is 2.94. The Bertz CT molecular complexity index is 401. The molecule has 0 aliphatic rings. The minimum Gasteiger partial charge on any atom is -0.406 e. The van der Waals surface area contributed by atoms with Crippen LogP contribution in [0.15, 0.2) is 36.2 Å². The van der Waals surface area contributed by atoms with Crippen LogP contribution >= 0.6 is 0 Å². The van der Waals surface area contributed by atoms with Crippen LogP contribution in [0.3, 0.4) is 0 Å². The van der Waals surface area contributed by atoms with Crippen molar-refractivity contribution in [3.63, 3.8) is 0 Å². The maximum atomic E-state index is 12.7. The van der Waals surface area contributed by atoms with Gasteiger partial charge in [0.2, 0.25) is 0 Å². The molecule has 0 radical (unpaired) electrons. The number of hydrogen-bond donors (Lipinski definition) is 1. The molecule has 1 rings (SSSR count). The van der Waals surface area contributed by atoms with Gasteiger partial charge in [0.25, 0.3) is 0 Å². The Labute approximate surface area is 95.7 Å². The summed E-state index contributed by atoms with van der Waals surface area (Å²) >= 11 is 0. The van der Waals surface area contributed by atoms with E-state index in [2.05, 4.69) is 4.74 Å². The molecule has 0 heterocycles. The fourth-order valence-electron chi connectivity index (χ4n) is 1.18. The van der Waals surface area contributed by atoms with Crippen LogP contribution in [-0.2, 0) is 6.42 Å². The fraction of sp³-hybridized carbons (Fsp3) is 0.273. The summed E-state index contributed by atoms with van der Waals surface area (Å²) in [5, 5.41) is 0. The normalized spacial score (nSPS) is 12.6. The number of hydrogen-bond acceptors (Lipinski definition) is 2. The van der Waals surface area contributed by atoms with Crippen LogP contribution in [0.25, 0.3) is 0 Å². The summed E-state index contributed by atoms with van der Waals surface area (Å²) in [6, 6.07) is 5.36. The second kappa shape index (κ2) is 5.67. The van der Waals surface area contributed by atoms with E-state index in [1.165, 1.54) is 24.3 Å². The molecule has 2 N–H and O–H groups in total. The third-order valence-corrected chi connectivity index (χ3v) is 1.89. The maximum Gasteiger partial charge on any atom is 0.573 e. The molecule has 0 fully saturated rings. The number of rotatable bonds is 4. The first-order valence-corrected chi connectivity index (χ1v) is 4.80. The Morgan fingerprint density at radius 1 is 1.35 bits per heavy atom. The molecule has 6 heteroatoms. The highest BCUT2D eigenvalue weighted by Crippen LogP contribution is 2.23. The molecular weight excluding hydrogens is 238 g/mol. The first-order chi connectivity index (χ1) is 7.90. The van der Waals surface area contributed by atoms with E-state index in [4.69, 9.17) is 5.73 Å². The number of benzene rings is 1. The lowest BCUT2D eigenvalue weighted by Crippen LogP contribution is -2.17. The molecule has 0 aliphatic carbocycles. The summed E-state index contributed by atoms with van der Waals surface area (Å²) in [6.45, 7) is -0.223. The van der Waals surface area contributed by atoms with Gasteiger partial charge in [0.05, 0.1) is 0 Å². The highest BCUT2D eigenvalue weighted by atomic mass is 19.4. The fourth-order valence-corrected chi connectivity index (χ4v) is 1.18. The van der Waals surface area contributed by atoms with Gasteiger partial charge in [0.1, 0.15) is 11.6 Å². The molecule has 0 amide bonds. The van der Waals surface area contributed by atoms with Gasteiger partial charge in [-0.2, -0.15) is 0 Å². The smallest absolute Gasteiger partial charge is 0.406 e. The van der Waals surface area contributed by atoms with Gasteiger partial charge in [-0.3, -0.25) is 0 Å². The van der Waals surface area contributed by atoms with Gasteiger partial charge in [0.15, 0.2) is 0 Å². The van der Waals surface area contributed by atoms with E-state index in [1.54, 1.807) is 6.07 Å². The third kappa shape index (κ3) is 5.35. The maximum absolute atomic E-state index is 12.7. The van der Waals surface area contributed by atoms with E-state index in [9.17, 15) is 17.6 Å². The van der Waals surface area contributed by atoms with E-state index in [1.807, 2.05) is 0 Å². The number of halogens is 4. The molecular formula is C11H11F4NO. The Hall–Kier alpha value is -1.56. The molecule has 0 unspecified atom stereocenters. The lowest BCUT2D eigenvalue weighted by molar-refractivity contribution is -0.274. The highest BCUT2D eigenvalue weighted by Gasteiger charge is 2.30. The number of nitrogens with two attached hydrogens (primary N) is 1. The van der Waals surface area contributed by atoms with E-state index in [0.29, 0.717) is 5.56 Å². The van der Waals surface area contributed by atoms with Crippen LogP contribution in [0.1, 0.15) is 5.56 Å². The van der Waals surface area contributed by atoms with Crippen LogP contribution in [0.4, 0.5) is 17.6 Å². The SMILES string of the molecule is NC/C(F)=C/Cc1cccc(OC(F)(F)F)c1. The van der Waals surface area contributed by atoms with Crippen LogP contribution < -0.4 is 10.5 Å². The zero-order valence-electron chi connectivity index (χ0n) is 8.80. The quantitative estimate of drug-likeness (QED) is 0.832. The Kier molecular flexibility index (Phi) is 4.51. The van der Waals surface area contributed by atoms with Crippen molar-refractivity contribution in [2.24, 2.45) is 5.73 Å². The van der Waals surface area contributed by atoms with Crippen LogP contribution in [0.2, 0.25) is 0 Å². The first-order valence-electron chi connectivity index (χ1n) is 4.80. The first kappa shape index (κ1) is 13.5. The summed E-state index contributed by atoms with van der Waals surface area (Å²) in [4.78, 5) is 0. The van der Waals surface area contributed by atoms with Gasteiger partial charge in [-0.1, -0.05) is 12.1 Å². The van der Waals surface area contributed by atoms with Gasteiger partial charge in [0, 0.05) is 6.54 Å². The largest absolute Gasteiger partial charge is 0.573 e. The van der Waals surface area contributed by atoms with Crippen molar-refractivity contribution in [1.82, 2.24) is 0 Å². The summed E-state index contributed by atoms with van der Waals surface area (Å²) < 4.78 is 52.2. The van der Waals surface area contributed by atoms with Crippen LogP contribution in [0, 0.1) is 0 Å². The average Bonchev–Trinajstić information content (AvgIpc) is 2.24. The van der Waals surface area contributed by atoms with E-state index >= 15 is 0 Å². The second-order valence-electron chi connectivity index (χ2n) is 3.25. The zero-order chi connectivity index (χ0) is 12.9. The van der Waals surface area contributed by atoms with Gasteiger partial charge in [-0.05, 0) is 30.2 Å². The van der Waals surface area contributed by atoms with Crippen molar-refractivity contribution in [1.29, 1.82) is 0 Å². The van der Waals surface area contributed by atoms with E-state index < -0.39 is 12.2 Å². The standard InChI is InChI=1S/C11H11F4NO/c12-9(7-16)5-4-8-2-1-3-10(6-8)17-11(13,14)15/h1-3,5-6H,4,7,16H2/b9-5-. The monoisotopic (exact) mass is 249 g/mol. The molecule has 0 aliphatic heterocycles. The van der Waals surface area contributed by atoms with Crippen molar-refractivity contribution in [3.05, 3.63) is 41.7 Å². The topological polar surface area (TPSA) is 35.2 Å². The Morgan fingerprint density at radius 2 is 2.06 bits per heavy atom. The molecule has 0 atom stereocenters. The van der Waals surface area contributed by atoms with Crippen molar-refractivity contribution in [2.45, 2.75) is 12.8 Å². The molecule has 1 aromatic carbocycles. The van der Waals surface area contributed by atoms with Gasteiger partial charge >= 0.3 is 6.36 Å². The van der Waals surface area contributed by atoms with Crippen LogP contribution in [0.5, 0.6) is 5.75 Å². The lowest BCUT2D eigenvalue weighted by Gasteiger charge is -2.09. The van der Waals surface area contributed by atoms with Gasteiger partial charge in [-0.15, -0.1) is 13.2 Å². The molecule has 0 bridgehead atoms. The Morgan fingerprint density at radius 3 is 2.65 bits per heavy atom.